The number of rotatable bonds is 10. The average molecular weight is 390 g/mol. The molecular formula is C12H26N2O8S2. The van der Waals surface area contributed by atoms with Crippen LogP contribution in [0.25, 0.3) is 0 Å². The molecule has 1 heterocycles. The van der Waals surface area contributed by atoms with Gasteiger partial charge in [0.15, 0.2) is 0 Å². The largest absolute Gasteiger partial charge is 0.392 e. The van der Waals surface area contributed by atoms with E-state index in [4.69, 9.17) is 9.11 Å². The van der Waals surface area contributed by atoms with E-state index in [1.54, 1.807) is 0 Å². The first-order valence-electron chi connectivity index (χ1n) is 7.66. The Labute approximate surface area is 142 Å². The van der Waals surface area contributed by atoms with Crippen molar-refractivity contribution in [1.29, 1.82) is 0 Å². The Kier molecular flexibility index (Phi) is 8.48. The molecule has 0 radical (unpaired) electrons. The van der Waals surface area contributed by atoms with Gasteiger partial charge in [-0.05, 0) is 12.8 Å². The summed E-state index contributed by atoms with van der Waals surface area (Å²) in [6, 6.07) is 0. The molecule has 4 N–H and O–H groups in total. The second-order valence-corrected chi connectivity index (χ2v) is 9.20. The summed E-state index contributed by atoms with van der Waals surface area (Å²) in [5.74, 6) is -0.956. The summed E-state index contributed by atoms with van der Waals surface area (Å²) in [4.78, 5) is 3.91. The third kappa shape index (κ3) is 10.5. The van der Waals surface area contributed by atoms with E-state index in [9.17, 15) is 27.0 Å². The lowest BCUT2D eigenvalue weighted by atomic mass is 10.2. The van der Waals surface area contributed by atoms with E-state index in [1.165, 1.54) is 0 Å². The van der Waals surface area contributed by atoms with Crippen molar-refractivity contribution in [2.24, 2.45) is 0 Å². The van der Waals surface area contributed by atoms with Crippen molar-refractivity contribution >= 4 is 20.2 Å². The Morgan fingerprint density at radius 2 is 1.00 bits per heavy atom. The third-order valence-electron chi connectivity index (χ3n) is 3.82. The summed E-state index contributed by atoms with van der Waals surface area (Å²) in [5.41, 5.74) is 0. The minimum atomic E-state index is -4.07. The molecule has 1 rings (SSSR count). The molecule has 1 saturated heterocycles. The maximum atomic E-state index is 10.6. The van der Waals surface area contributed by atoms with Crippen molar-refractivity contribution in [3.63, 3.8) is 0 Å². The molecule has 0 aromatic rings. The Balaban J connectivity index is 2.24. The summed E-state index contributed by atoms with van der Waals surface area (Å²) >= 11 is 0. The average Bonchev–Trinajstić information content (AvgIpc) is 2.44. The van der Waals surface area contributed by atoms with Crippen LogP contribution in [0.3, 0.4) is 0 Å². The van der Waals surface area contributed by atoms with Gasteiger partial charge < -0.3 is 10.2 Å². The van der Waals surface area contributed by atoms with Gasteiger partial charge in [0.25, 0.3) is 20.2 Å². The van der Waals surface area contributed by atoms with Crippen molar-refractivity contribution in [2.45, 2.75) is 25.0 Å². The molecule has 1 aliphatic rings. The standard InChI is InChI=1S/C12H26N2O8S2/c15-11(1-7-23(17,18)19)9-13-3-5-14(6-4-13)10-12(16)2-8-24(20,21)22/h11-12,15-16H,1-10H2,(H,17,18,19)(H,20,21,22). The van der Waals surface area contributed by atoms with Crippen molar-refractivity contribution in [3.05, 3.63) is 0 Å². The molecule has 1 aliphatic heterocycles. The van der Waals surface area contributed by atoms with Gasteiger partial charge in [0.2, 0.25) is 0 Å². The maximum absolute atomic E-state index is 10.6. The Morgan fingerprint density at radius 3 is 1.25 bits per heavy atom. The summed E-state index contributed by atoms with van der Waals surface area (Å²) in [7, 11) is -8.15. The van der Waals surface area contributed by atoms with Crippen LogP contribution in [0.5, 0.6) is 0 Å². The summed E-state index contributed by atoms with van der Waals surface area (Å²) in [5, 5.41) is 19.5. The number of hydrogen-bond acceptors (Lipinski definition) is 8. The quantitative estimate of drug-likeness (QED) is 0.304. The van der Waals surface area contributed by atoms with E-state index >= 15 is 0 Å². The molecule has 0 aliphatic carbocycles. The highest BCUT2D eigenvalue weighted by Gasteiger charge is 2.22. The van der Waals surface area contributed by atoms with Gasteiger partial charge in [-0.15, -0.1) is 0 Å². The first-order chi connectivity index (χ1) is 10.9. The smallest absolute Gasteiger partial charge is 0.264 e. The van der Waals surface area contributed by atoms with Crippen molar-refractivity contribution in [1.82, 2.24) is 9.80 Å². The molecule has 0 spiro atoms. The predicted octanol–water partition coefficient (Wildman–Crippen LogP) is -2.12. The van der Waals surface area contributed by atoms with Gasteiger partial charge >= 0.3 is 0 Å². The molecule has 24 heavy (non-hydrogen) atoms. The molecule has 0 saturated carbocycles. The molecule has 1 fully saturated rings. The number of piperazine rings is 1. The molecule has 0 aromatic heterocycles. The maximum Gasteiger partial charge on any atom is 0.264 e. The van der Waals surface area contributed by atoms with E-state index in [0.29, 0.717) is 39.3 Å². The van der Waals surface area contributed by atoms with Crippen LogP contribution in [0.1, 0.15) is 12.8 Å². The Bertz CT molecular complexity index is 520. The van der Waals surface area contributed by atoms with Gasteiger partial charge in [-0.2, -0.15) is 16.8 Å². The first kappa shape index (κ1) is 21.7. The summed E-state index contributed by atoms with van der Waals surface area (Å²) in [6.07, 6.45) is -1.77. The van der Waals surface area contributed by atoms with Crippen molar-refractivity contribution in [3.8, 4) is 0 Å². The van der Waals surface area contributed by atoms with Crippen molar-refractivity contribution < 1.29 is 36.2 Å². The molecule has 2 unspecified atom stereocenters. The van der Waals surface area contributed by atoms with Crippen LogP contribution in [0.15, 0.2) is 0 Å². The zero-order valence-corrected chi connectivity index (χ0v) is 15.0. The SMILES string of the molecule is O=S(=O)(O)CCC(O)CN1CCN(CC(O)CCS(=O)(=O)O)CC1. The molecule has 2 atom stereocenters. The summed E-state index contributed by atoms with van der Waals surface area (Å²) < 4.78 is 59.8. The molecule has 0 amide bonds. The van der Waals surface area contributed by atoms with Crippen LogP contribution in [0.4, 0.5) is 0 Å². The highest BCUT2D eigenvalue weighted by Crippen LogP contribution is 2.07. The van der Waals surface area contributed by atoms with E-state index in [-0.39, 0.29) is 12.8 Å². The van der Waals surface area contributed by atoms with Crippen LogP contribution in [-0.4, -0.2) is 109 Å². The predicted molar refractivity (Wildman–Crippen MR) is 87.0 cm³/mol. The van der Waals surface area contributed by atoms with E-state index < -0.39 is 43.9 Å². The van der Waals surface area contributed by atoms with Crippen LogP contribution < -0.4 is 0 Å². The highest BCUT2D eigenvalue weighted by atomic mass is 32.2. The topological polar surface area (TPSA) is 156 Å². The molecule has 144 valence electrons. The minimum Gasteiger partial charge on any atom is -0.392 e. The minimum absolute atomic E-state index is 0.0343. The fourth-order valence-electron chi connectivity index (χ4n) is 2.50. The Morgan fingerprint density at radius 1 is 0.708 bits per heavy atom. The molecule has 12 heteroatoms. The Hall–Kier alpha value is -0.340. The second kappa shape index (κ2) is 9.38. The van der Waals surface area contributed by atoms with E-state index in [2.05, 4.69) is 0 Å². The first-order valence-corrected chi connectivity index (χ1v) is 10.9. The molecule has 0 bridgehead atoms. The molecule has 0 aromatic carbocycles. The molecular weight excluding hydrogens is 364 g/mol. The lowest BCUT2D eigenvalue weighted by Gasteiger charge is -2.36. The summed E-state index contributed by atoms with van der Waals surface area (Å²) in [6.45, 7) is 3.08. The zero-order chi connectivity index (χ0) is 18.4. The van der Waals surface area contributed by atoms with E-state index in [1.807, 2.05) is 9.80 Å². The van der Waals surface area contributed by atoms with Crippen LogP contribution >= 0.6 is 0 Å². The second-order valence-electron chi connectivity index (χ2n) is 6.06. The van der Waals surface area contributed by atoms with Crippen LogP contribution in [-0.2, 0) is 20.2 Å². The zero-order valence-electron chi connectivity index (χ0n) is 13.4. The highest BCUT2D eigenvalue weighted by molar-refractivity contribution is 7.86. The van der Waals surface area contributed by atoms with Crippen molar-refractivity contribution in [2.75, 3.05) is 50.8 Å². The van der Waals surface area contributed by atoms with Gasteiger partial charge in [0.05, 0.1) is 23.7 Å². The molecule has 10 nitrogen and oxygen atoms in total. The van der Waals surface area contributed by atoms with Gasteiger partial charge in [0, 0.05) is 39.3 Å². The normalized spacial score (nSPS) is 20.8. The lowest BCUT2D eigenvalue weighted by molar-refractivity contribution is 0.0472. The van der Waals surface area contributed by atoms with Gasteiger partial charge in [-0.3, -0.25) is 18.9 Å². The fraction of sp³-hybridized carbons (Fsp3) is 1.00. The number of nitrogens with zero attached hydrogens (tertiary/aromatic N) is 2. The van der Waals surface area contributed by atoms with Gasteiger partial charge in [0.1, 0.15) is 0 Å². The van der Waals surface area contributed by atoms with Gasteiger partial charge in [-0.1, -0.05) is 0 Å². The number of aliphatic hydroxyl groups is 2. The lowest BCUT2D eigenvalue weighted by Crippen LogP contribution is -2.50. The van der Waals surface area contributed by atoms with Gasteiger partial charge in [-0.25, -0.2) is 0 Å². The number of aliphatic hydroxyl groups excluding tert-OH is 2. The third-order valence-corrected chi connectivity index (χ3v) is 5.32. The van der Waals surface area contributed by atoms with E-state index in [0.717, 1.165) is 0 Å². The number of hydrogen-bond donors (Lipinski definition) is 4. The number of β-amino-alcohol motifs (C(OH)–C–C–N with tert-alkyl or cyclic N) is 2. The van der Waals surface area contributed by atoms with Crippen LogP contribution in [0.2, 0.25) is 0 Å². The van der Waals surface area contributed by atoms with Crippen LogP contribution in [0, 0.1) is 0 Å². The fourth-order valence-corrected chi connectivity index (χ4v) is 3.64. The monoisotopic (exact) mass is 390 g/mol.